The molecule has 0 amide bonds. The van der Waals surface area contributed by atoms with Gasteiger partial charge in [0.15, 0.2) is 0 Å². The van der Waals surface area contributed by atoms with Gasteiger partial charge in [-0.25, -0.2) is 0 Å². The molecule has 3 heteroatoms. The predicted molar refractivity (Wildman–Crippen MR) is 93.9 cm³/mol. The summed E-state index contributed by atoms with van der Waals surface area (Å²) in [6.07, 6.45) is 0. The van der Waals surface area contributed by atoms with E-state index in [-0.39, 0.29) is 0 Å². The summed E-state index contributed by atoms with van der Waals surface area (Å²) in [5.74, 6) is 0. The molecule has 4 aromatic rings. The number of aromatic nitrogens is 1. The molecular formula is C18H11BBrN. The molecule has 0 unspecified atom stereocenters. The minimum absolute atomic E-state index is 0.787. The maximum Gasteiger partial charge on any atom is 0.113 e. The third kappa shape index (κ3) is 2.00. The van der Waals surface area contributed by atoms with Crippen LogP contribution < -0.4 is 5.46 Å². The van der Waals surface area contributed by atoms with E-state index in [1.165, 1.54) is 21.8 Å². The molecule has 4 rings (SSSR count). The van der Waals surface area contributed by atoms with Crippen LogP contribution in [0.5, 0.6) is 0 Å². The Labute approximate surface area is 132 Å². The Hall–Kier alpha value is -2.00. The summed E-state index contributed by atoms with van der Waals surface area (Å²) < 4.78 is 3.35. The summed E-state index contributed by atoms with van der Waals surface area (Å²) in [7, 11) is 5.98. The molecule has 0 aliphatic heterocycles. The second-order valence-electron chi connectivity index (χ2n) is 5.11. The van der Waals surface area contributed by atoms with E-state index in [1.54, 1.807) is 0 Å². The average Bonchev–Trinajstić information content (AvgIpc) is 2.81. The minimum atomic E-state index is 0.787. The highest BCUT2D eigenvalue weighted by Crippen LogP contribution is 2.32. The fourth-order valence-electron chi connectivity index (χ4n) is 2.87. The molecule has 1 heterocycles. The first-order valence-corrected chi connectivity index (χ1v) is 7.58. The molecule has 0 N–H and O–H groups in total. The number of hydrogen-bond donors (Lipinski definition) is 0. The van der Waals surface area contributed by atoms with Gasteiger partial charge in [0.25, 0.3) is 0 Å². The molecule has 0 saturated carbocycles. The highest BCUT2D eigenvalue weighted by Gasteiger charge is 2.12. The molecule has 0 fully saturated rings. The zero-order chi connectivity index (χ0) is 14.4. The monoisotopic (exact) mass is 331 g/mol. The molecule has 0 atom stereocenters. The number of rotatable bonds is 1. The standard InChI is InChI=1S/C18H11BBrN/c19-12-6-8-17-15(10-12)16-11-13(20)7-9-18(16)21(17)14-4-2-1-3-5-14/h1-11H. The van der Waals surface area contributed by atoms with Crippen LogP contribution in [0.15, 0.2) is 71.2 Å². The normalized spacial score (nSPS) is 11.3. The number of nitrogens with zero attached hydrogens (tertiary/aromatic N) is 1. The van der Waals surface area contributed by atoms with Gasteiger partial charge in [-0.15, -0.1) is 0 Å². The molecule has 0 spiro atoms. The van der Waals surface area contributed by atoms with Gasteiger partial charge in [-0.1, -0.05) is 51.7 Å². The van der Waals surface area contributed by atoms with E-state index < -0.39 is 0 Å². The van der Waals surface area contributed by atoms with Gasteiger partial charge in [-0.3, -0.25) is 0 Å². The van der Waals surface area contributed by atoms with E-state index in [2.05, 4.69) is 69.0 Å². The van der Waals surface area contributed by atoms with Crippen LogP contribution in [0.1, 0.15) is 0 Å². The van der Waals surface area contributed by atoms with E-state index in [0.717, 1.165) is 15.6 Å². The maximum absolute atomic E-state index is 5.98. The van der Waals surface area contributed by atoms with Crippen LogP contribution in [0, 0.1) is 0 Å². The highest BCUT2D eigenvalue weighted by molar-refractivity contribution is 9.10. The van der Waals surface area contributed by atoms with Gasteiger partial charge in [0.1, 0.15) is 7.85 Å². The number of fused-ring (bicyclic) bond motifs is 3. The lowest BCUT2D eigenvalue weighted by Crippen LogP contribution is -2.00. The summed E-state index contributed by atoms with van der Waals surface area (Å²) >= 11 is 3.56. The van der Waals surface area contributed by atoms with Crippen molar-refractivity contribution in [2.45, 2.75) is 0 Å². The summed E-state index contributed by atoms with van der Waals surface area (Å²) in [5, 5.41) is 2.38. The number of para-hydroxylation sites is 1. The van der Waals surface area contributed by atoms with E-state index in [1.807, 2.05) is 18.2 Å². The molecule has 98 valence electrons. The van der Waals surface area contributed by atoms with Gasteiger partial charge in [0.05, 0.1) is 11.0 Å². The quantitative estimate of drug-likeness (QED) is 0.457. The van der Waals surface area contributed by atoms with Crippen molar-refractivity contribution in [2.24, 2.45) is 0 Å². The van der Waals surface area contributed by atoms with Crippen LogP contribution >= 0.6 is 15.9 Å². The molecule has 3 aromatic carbocycles. The highest BCUT2D eigenvalue weighted by atomic mass is 79.9. The molecule has 2 radical (unpaired) electrons. The first-order chi connectivity index (χ1) is 10.2. The van der Waals surface area contributed by atoms with Gasteiger partial charge in [-0.05, 0) is 36.4 Å². The largest absolute Gasteiger partial charge is 0.309 e. The van der Waals surface area contributed by atoms with Crippen LogP contribution in [0.25, 0.3) is 27.5 Å². The Kier molecular flexibility index (Phi) is 2.90. The van der Waals surface area contributed by atoms with Crippen molar-refractivity contribution in [1.29, 1.82) is 0 Å². The van der Waals surface area contributed by atoms with Crippen molar-refractivity contribution in [1.82, 2.24) is 4.57 Å². The third-order valence-corrected chi connectivity index (χ3v) is 4.26. The lowest BCUT2D eigenvalue weighted by molar-refractivity contribution is 1.18. The van der Waals surface area contributed by atoms with E-state index in [4.69, 9.17) is 7.85 Å². The fraction of sp³-hybridized carbons (Fsp3) is 0. The number of hydrogen-bond acceptors (Lipinski definition) is 0. The predicted octanol–water partition coefficient (Wildman–Crippen LogP) is 4.34. The lowest BCUT2D eigenvalue weighted by Gasteiger charge is -2.07. The second-order valence-corrected chi connectivity index (χ2v) is 6.02. The summed E-state index contributed by atoms with van der Waals surface area (Å²) in [6, 6.07) is 22.8. The molecular weight excluding hydrogens is 321 g/mol. The first kappa shape index (κ1) is 12.7. The van der Waals surface area contributed by atoms with E-state index in [9.17, 15) is 0 Å². The molecule has 0 aliphatic carbocycles. The smallest absolute Gasteiger partial charge is 0.113 e. The van der Waals surface area contributed by atoms with Crippen molar-refractivity contribution < 1.29 is 0 Å². The number of halogens is 1. The topological polar surface area (TPSA) is 4.93 Å². The van der Waals surface area contributed by atoms with Crippen molar-refractivity contribution in [2.75, 3.05) is 0 Å². The van der Waals surface area contributed by atoms with Crippen LogP contribution in [-0.2, 0) is 0 Å². The molecule has 1 aromatic heterocycles. The first-order valence-electron chi connectivity index (χ1n) is 6.79. The Morgan fingerprint density at radius 3 is 2.19 bits per heavy atom. The van der Waals surface area contributed by atoms with Gasteiger partial charge in [0.2, 0.25) is 0 Å². The summed E-state index contributed by atoms with van der Waals surface area (Å²) in [5.41, 5.74) is 4.30. The Morgan fingerprint density at radius 2 is 1.43 bits per heavy atom. The van der Waals surface area contributed by atoms with Crippen LogP contribution in [0.3, 0.4) is 0 Å². The van der Waals surface area contributed by atoms with Crippen molar-refractivity contribution in [3.05, 3.63) is 71.2 Å². The SMILES string of the molecule is [B]c1ccc2c(c1)c1cc(Br)ccc1n2-c1ccccc1. The molecule has 1 nitrogen and oxygen atoms in total. The van der Waals surface area contributed by atoms with E-state index >= 15 is 0 Å². The van der Waals surface area contributed by atoms with Crippen LogP contribution in [-0.4, -0.2) is 12.4 Å². The Bertz CT molecular complexity index is 898. The van der Waals surface area contributed by atoms with Crippen LogP contribution in [0.4, 0.5) is 0 Å². The third-order valence-electron chi connectivity index (χ3n) is 3.77. The molecule has 0 bridgehead atoms. The van der Waals surface area contributed by atoms with Crippen molar-refractivity contribution >= 4 is 51.0 Å². The average molecular weight is 332 g/mol. The lowest BCUT2D eigenvalue weighted by atomic mass is 9.94. The van der Waals surface area contributed by atoms with Gasteiger partial charge < -0.3 is 4.57 Å². The number of benzene rings is 3. The Balaban J connectivity index is 2.22. The summed E-state index contributed by atoms with van der Waals surface area (Å²) in [4.78, 5) is 0. The second kappa shape index (κ2) is 4.78. The van der Waals surface area contributed by atoms with Crippen LogP contribution in [0.2, 0.25) is 0 Å². The molecule has 0 aliphatic rings. The van der Waals surface area contributed by atoms with Gasteiger partial charge in [0, 0.05) is 20.9 Å². The zero-order valence-corrected chi connectivity index (χ0v) is 12.8. The Morgan fingerprint density at radius 1 is 0.762 bits per heavy atom. The fourth-order valence-corrected chi connectivity index (χ4v) is 3.23. The minimum Gasteiger partial charge on any atom is -0.309 e. The van der Waals surface area contributed by atoms with Gasteiger partial charge >= 0.3 is 0 Å². The van der Waals surface area contributed by atoms with Crippen molar-refractivity contribution in [3.8, 4) is 5.69 Å². The zero-order valence-electron chi connectivity index (χ0n) is 11.3. The van der Waals surface area contributed by atoms with Gasteiger partial charge in [-0.2, -0.15) is 0 Å². The van der Waals surface area contributed by atoms with E-state index in [0.29, 0.717) is 0 Å². The summed E-state index contributed by atoms with van der Waals surface area (Å²) in [6.45, 7) is 0. The molecule has 21 heavy (non-hydrogen) atoms. The van der Waals surface area contributed by atoms with Crippen molar-refractivity contribution in [3.63, 3.8) is 0 Å². The maximum atomic E-state index is 5.98. The molecule has 0 saturated heterocycles.